The van der Waals surface area contributed by atoms with Crippen molar-refractivity contribution in [3.63, 3.8) is 0 Å². The zero-order chi connectivity index (χ0) is 23.7. The number of carbonyl (C=O) groups is 2. The van der Waals surface area contributed by atoms with Crippen molar-refractivity contribution in [2.75, 3.05) is 0 Å². The molecule has 33 heavy (non-hydrogen) atoms. The Kier molecular flexibility index (Phi) is 7.05. The first-order chi connectivity index (χ1) is 15.7. The molecule has 4 rings (SSSR count). The lowest BCUT2D eigenvalue weighted by molar-refractivity contribution is -0.141. The van der Waals surface area contributed by atoms with Gasteiger partial charge in [0.2, 0.25) is 0 Å². The van der Waals surface area contributed by atoms with Gasteiger partial charge in [-0.3, -0.25) is 4.79 Å². The van der Waals surface area contributed by atoms with E-state index in [2.05, 4.69) is 23.8 Å². The van der Waals surface area contributed by atoms with Crippen molar-refractivity contribution in [1.29, 1.82) is 0 Å². The highest BCUT2D eigenvalue weighted by molar-refractivity contribution is 6.42. The fourth-order valence-electron chi connectivity index (χ4n) is 4.82. The smallest absolute Gasteiger partial charge is 0.334 e. The molecule has 0 bridgehead atoms. The number of allylic oxidation sites excluding steroid dienone is 2. The van der Waals surface area contributed by atoms with Crippen LogP contribution in [0.25, 0.3) is 0 Å². The molecule has 0 unspecified atom stereocenters. The van der Waals surface area contributed by atoms with Gasteiger partial charge in [0, 0.05) is 12.0 Å². The molecule has 0 saturated heterocycles. The van der Waals surface area contributed by atoms with Gasteiger partial charge in [0.05, 0.1) is 22.8 Å². The van der Waals surface area contributed by atoms with Crippen molar-refractivity contribution in [2.24, 2.45) is 17.8 Å². The summed E-state index contributed by atoms with van der Waals surface area (Å²) in [6.07, 6.45) is 4.88. The molecule has 174 valence electrons. The van der Waals surface area contributed by atoms with Gasteiger partial charge in [-0.25, -0.2) is 9.48 Å². The largest absolute Gasteiger partial charge is 0.456 e. The highest BCUT2D eigenvalue weighted by Crippen LogP contribution is 2.45. The first kappa shape index (κ1) is 23.7. The number of hydrogen-bond donors (Lipinski definition) is 0. The number of benzene rings is 1. The summed E-state index contributed by atoms with van der Waals surface area (Å²) in [5.41, 5.74) is 4.02. The minimum absolute atomic E-state index is 0.00821. The summed E-state index contributed by atoms with van der Waals surface area (Å²) in [5.74, 6) is 0.538. The molecule has 1 heterocycles. The van der Waals surface area contributed by atoms with E-state index >= 15 is 0 Å². The van der Waals surface area contributed by atoms with Crippen LogP contribution in [0.1, 0.15) is 50.8 Å². The van der Waals surface area contributed by atoms with Crippen LogP contribution < -0.4 is 0 Å². The number of hydrogen-bond acceptors (Lipinski definition) is 5. The number of ether oxygens (including phenoxy) is 1. The van der Waals surface area contributed by atoms with Crippen LogP contribution in [0.5, 0.6) is 0 Å². The molecule has 0 aliphatic heterocycles. The maximum atomic E-state index is 12.7. The predicted octanol–water partition coefficient (Wildman–Crippen LogP) is 5.57. The quantitative estimate of drug-likeness (QED) is 0.392. The lowest BCUT2D eigenvalue weighted by atomic mass is 9.86. The van der Waals surface area contributed by atoms with Gasteiger partial charge in [0.15, 0.2) is 5.78 Å². The molecule has 6 nitrogen and oxygen atoms in total. The van der Waals surface area contributed by atoms with Crippen molar-refractivity contribution in [3.8, 4) is 0 Å². The van der Waals surface area contributed by atoms with Gasteiger partial charge >= 0.3 is 5.97 Å². The van der Waals surface area contributed by atoms with Gasteiger partial charge in [0.25, 0.3) is 0 Å². The molecule has 8 heteroatoms. The summed E-state index contributed by atoms with van der Waals surface area (Å²) < 4.78 is 7.14. The second-order valence-electron chi connectivity index (χ2n) is 9.10. The van der Waals surface area contributed by atoms with E-state index in [0.717, 1.165) is 24.0 Å². The van der Waals surface area contributed by atoms with Crippen LogP contribution in [0, 0.1) is 17.8 Å². The van der Waals surface area contributed by atoms with Crippen LogP contribution in [-0.4, -0.2) is 26.7 Å². The van der Waals surface area contributed by atoms with Crippen molar-refractivity contribution in [3.05, 3.63) is 69.0 Å². The summed E-state index contributed by atoms with van der Waals surface area (Å²) >= 11 is 12.0. The number of ketones is 1. The van der Waals surface area contributed by atoms with E-state index in [9.17, 15) is 9.59 Å². The lowest BCUT2D eigenvalue weighted by Gasteiger charge is -2.18. The van der Waals surface area contributed by atoms with E-state index in [1.807, 2.05) is 13.0 Å². The molecular formula is C25H27Cl2N3O3. The number of rotatable bonds is 6. The molecule has 0 N–H and O–H groups in total. The Hall–Kier alpha value is -2.44. The third-order valence-electron chi connectivity index (χ3n) is 6.90. The van der Waals surface area contributed by atoms with E-state index in [1.165, 1.54) is 5.57 Å². The van der Waals surface area contributed by atoms with Crippen LogP contribution in [0.15, 0.2) is 47.7 Å². The minimum atomic E-state index is -0.423. The van der Waals surface area contributed by atoms with Crippen molar-refractivity contribution < 1.29 is 14.3 Å². The zero-order valence-electron chi connectivity index (χ0n) is 18.8. The maximum absolute atomic E-state index is 12.7. The Bertz CT molecular complexity index is 1140. The van der Waals surface area contributed by atoms with E-state index in [-0.39, 0.29) is 18.3 Å². The summed E-state index contributed by atoms with van der Waals surface area (Å²) in [4.78, 5) is 24.9. The van der Waals surface area contributed by atoms with Crippen molar-refractivity contribution in [2.45, 2.75) is 52.7 Å². The molecule has 2 aliphatic rings. The average Bonchev–Trinajstić information content (AvgIpc) is 3.30. The SMILES string of the molecule is C=C(C(=O)OCc1cn(Cc2ccc(Cl)c(Cl)c2)nn1)[C@@H]1CC[C@H](C)[C@@H]2CC(=O)C(C)=C2C1. The minimum Gasteiger partial charge on any atom is -0.456 e. The van der Waals surface area contributed by atoms with Gasteiger partial charge in [0.1, 0.15) is 12.3 Å². The lowest BCUT2D eigenvalue weighted by Crippen LogP contribution is -2.16. The van der Waals surface area contributed by atoms with Crippen LogP contribution in [0.3, 0.4) is 0 Å². The summed E-state index contributed by atoms with van der Waals surface area (Å²) in [7, 11) is 0. The van der Waals surface area contributed by atoms with Crippen LogP contribution in [-0.2, 0) is 27.5 Å². The average molecular weight is 488 g/mol. The molecule has 2 aromatic rings. The topological polar surface area (TPSA) is 74.1 Å². The molecule has 0 amide bonds. The number of aromatic nitrogens is 3. The van der Waals surface area contributed by atoms with Crippen molar-refractivity contribution >= 4 is 35.0 Å². The molecule has 2 aliphatic carbocycles. The van der Waals surface area contributed by atoms with Crippen LogP contribution >= 0.6 is 23.2 Å². The Balaban J connectivity index is 1.34. The maximum Gasteiger partial charge on any atom is 0.334 e. The molecular weight excluding hydrogens is 461 g/mol. The Morgan fingerprint density at radius 3 is 2.79 bits per heavy atom. The fourth-order valence-corrected chi connectivity index (χ4v) is 5.14. The molecule has 1 aromatic carbocycles. The first-order valence-corrected chi connectivity index (χ1v) is 11.9. The highest BCUT2D eigenvalue weighted by atomic mass is 35.5. The second-order valence-corrected chi connectivity index (χ2v) is 9.91. The Labute approximate surface area is 203 Å². The highest BCUT2D eigenvalue weighted by Gasteiger charge is 2.38. The molecule has 0 spiro atoms. The van der Waals surface area contributed by atoms with Gasteiger partial charge in [-0.05, 0) is 67.2 Å². The zero-order valence-corrected chi connectivity index (χ0v) is 20.3. The predicted molar refractivity (Wildman–Crippen MR) is 127 cm³/mol. The van der Waals surface area contributed by atoms with Crippen LogP contribution in [0.4, 0.5) is 0 Å². The monoisotopic (exact) mass is 487 g/mol. The molecule has 0 radical (unpaired) electrons. The normalized spacial score (nSPS) is 22.8. The number of nitrogens with zero attached hydrogens (tertiary/aromatic N) is 3. The standard InChI is InChI=1S/C25H27Cl2N3O3/c1-14-4-6-18(9-21-16(3)24(31)10-20(14)21)15(2)25(32)33-13-19-12-30(29-28-19)11-17-5-7-22(26)23(27)8-17/h5,7-8,12,14,18,20H,2,4,6,9-11,13H2,1,3H3/t14-,18+,20-/m0/s1. The van der Waals surface area contributed by atoms with E-state index in [0.29, 0.717) is 52.5 Å². The molecule has 3 atom stereocenters. The van der Waals surface area contributed by atoms with E-state index in [4.69, 9.17) is 27.9 Å². The van der Waals surface area contributed by atoms with E-state index in [1.54, 1.807) is 23.0 Å². The number of carbonyl (C=O) groups excluding carboxylic acids is 2. The molecule has 1 saturated carbocycles. The number of esters is 1. The summed E-state index contributed by atoms with van der Waals surface area (Å²) in [5, 5.41) is 9.15. The number of Topliss-reactive ketones (excluding diaryl/α,β-unsaturated/α-hetero) is 1. The third kappa shape index (κ3) is 5.22. The van der Waals surface area contributed by atoms with Gasteiger partial charge < -0.3 is 4.74 Å². The Morgan fingerprint density at radius 1 is 1.24 bits per heavy atom. The second kappa shape index (κ2) is 9.82. The molecule has 1 fully saturated rings. The van der Waals surface area contributed by atoms with Crippen LogP contribution in [0.2, 0.25) is 10.0 Å². The number of halogens is 2. The summed E-state index contributed by atoms with van der Waals surface area (Å²) in [6.45, 7) is 8.64. The third-order valence-corrected chi connectivity index (χ3v) is 7.64. The van der Waals surface area contributed by atoms with Gasteiger partial charge in [-0.2, -0.15) is 0 Å². The van der Waals surface area contributed by atoms with Crippen molar-refractivity contribution in [1.82, 2.24) is 15.0 Å². The van der Waals surface area contributed by atoms with Gasteiger partial charge in [-0.15, -0.1) is 5.10 Å². The molecule has 1 aromatic heterocycles. The summed E-state index contributed by atoms with van der Waals surface area (Å²) in [6, 6.07) is 5.38. The van der Waals surface area contributed by atoms with Gasteiger partial charge in [-0.1, -0.05) is 53.6 Å². The Morgan fingerprint density at radius 2 is 2.03 bits per heavy atom. The van der Waals surface area contributed by atoms with E-state index < -0.39 is 5.97 Å². The fraction of sp³-hybridized carbons (Fsp3) is 0.440. The number of fused-ring (bicyclic) bond motifs is 1. The first-order valence-electron chi connectivity index (χ1n) is 11.1.